The van der Waals surface area contributed by atoms with E-state index in [4.69, 9.17) is 9.47 Å². The number of carbonyl (C=O) groups is 2. The first-order valence-electron chi connectivity index (χ1n) is 7.59. The van der Waals surface area contributed by atoms with Crippen molar-refractivity contribution in [2.24, 2.45) is 0 Å². The molecule has 1 aliphatic carbocycles. The van der Waals surface area contributed by atoms with Gasteiger partial charge in [-0.25, -0.2) is 4.79 Å². The highest BCUT2D eigenvalue weighted by atomic mass is 16.5. The zero-order chi connectivity index (χ0) is 16.6. The van der Waals surface area contributed by atoms with Crippen molar-refractivity contribution < 1.29 is 19.1 Å². The lowest BCUT2D eigenvalue weighted by atomic mass is 9.84. The summed E-state index contributed by atoms with van der Waals surface area (Å²) >= 11 is 0. The molecule has 0 fully saturated rings. The van der Waals surface area contributed by atoms with Crippen LogP contribution in [0.3, 0.4) is 0 Å². The van der Waals surface area contributed by atoms with Gasteiger partial charge >= 0.3 is 6.03 Å². The normalized spacial score (nSPS) is 21.0. The number of amides is 2. The van der Waals surface area contributed by atoms with E-state index in [0.29, 0.717) is 23.5 Å². The maximum Gasteiger partial charge on any atom is 0.322 e. The summed E-state index contributed by atoms with van der Waals surface area (Å²) in [7, 11) is 4.81. The minimum atomic E-state index is -0.508. The predicted molar refractivity (Wildman–Crippen MR) is 84.5 cm³/mol. The number of nitrogens with one attached hydrogen (secondary N) is 1. The van der Waals surface area contributed by atoms with Crippen molar-refractivity contribution in [2.75, 3.05) is 21.3 Å². The maximum absolute atomic E-state index is 12.5. The summed E-state index contributed by atoms with van der Waals surface area (Å²) in [5, 5.41) is 2.91. The van der Waals surface area contributed by atoms with Crippen molar-refractivity contribution in [1.82, 2.24) is 10.2 Å². The lowest BCUT2D eigenvalue weighted by Gasteiger charge is -2.37. The highest BCUT2D eigenvalue weighted by Gasteiger charge is 2.38. The van der Waals surface area contributed by atoms with Gasteiger partial charge in [0, 0.05) is 30.3 Å². The summed E-state index contributed by atoms with van der Waals surface area (Å²) in [5.41, 5.74) is 2.20. The number of rotatable bonds is 3. The third-order valence-electron chi connectivity index (χ3n) is 4.44. The van der Waals surface area contributed by atoms with Gasteiger partial charge in [-0.05, 0) is 18.9 Å². The molecule has 0 radical (unpaired) electrons. The van der Waals surface area contributed by atoms with Crippen molar-refractivity contribution in [1.29, 1.82) is 0 Å². The average molecular weight is 316 g/mol. The van der Waals surface area contributed by atoms with E-state index in [9.17, 15) is 9.59 Å². The molecule has 1 heterocycles. The summed E-state index contributed by atoms with van der Waals surface area (Å²) in [4.78, 5) is 26.3. The zero-order valence-electron chi connectivity index (χ0n) is 13.5. The first kappa shape index (κ1) is 15.4. The summed E-state index contributed by atoms with van der Waals surface area (Å²) in [5.74, 6) is 1.19. The molecular weight excluding hydrogens is 296 g/mol. The molecule has 1 N–H and O–H groups in total. The number of nitrogens with zero attached hydrogens (tertiary/aromatic N) is 1. The number of methoxy groups -OCH3 is 2. The Morgan fingerprint density at radius 3 is 2.65 bits per heavy atom. The van der Waals surface area contributed by atoms with E-state index in [1.165, 1.54) is 4.90 Å². The fourth-order valence-electron chi connectivity index (χ4n) is 3.31. The molecule has 0 saturated carbocycles. The van der Waals surface area contributed by atoms with Gasteiger partial charge in [-0.1, -0.05) is 12.1 Å². The highest BCUT2D eigenvalue weighted by molar-refractivity contribution is 6.01. The minimum absolute atomic E-state index is 0.0768. The second-order valence-electron chi connectivity index (χ2n) is 5.66. The average Bonchev–Trinajstić information content (AvgIpc) is 2.57. The summed E-state index contributed by atoms with van der Waals surface area (Å²) in [6, 6.07) is 4.75. The summed E-state index contributed by atoms with van der Waals surface area (Å²) in [6.45, 7) is 0. The molecule has 6 nitrogen and oxygen atoms in total. The molecule has 2 amide bonds. The Morgan fingerprint density at radius 2 is 1.96 bits per heavy atom. The number of ketones is 1. The molecule has 3 rings (SSSR count). The van der Waals surface area contributed by atoms with Crippen LogP contribution in [0.4, 0.5) is 4.79 Å². The molecule has 1 aromatic carbocycles. The molecule has 2 aliphatic rings. The predicted octanol–water partition coefficient (Wildman–Crippen LogP) is 2.41. The number of ether oxygens (including phenoxy) is 2. The van der Waals surface area contributed by atoms with Gasteiger partial charge in [0.2, 0.25) is 0 Å². The van der Waals surface area contributed by atoms with E-state index in [1.54, 1.807) is 27.3 Å². The number of carbonyl (C=O) groups excluding carboxylic acids is 2. The number of hydrogen-bond acceptors (Lipinski definition) is 4. The molecule has 0 aromatic heterocycles. The van der Waals surface area contributed by atoms with Crippen molar-refractivity contribution in [3.8, 4) is 11.5 Å². The smallest absolute Gasteiger partial charge is 0.322 e. The highest BCUT2D eigenvalue weighted by Crippen LogP contribution is 2.42. The van der Waals surface area contributed by atoms with Crippen LogP contribution in [-0.2, 0) is 4.79 Å². The third-order valence-corrected chi connectivity index (χ3v) is 4.44. The van der Waals surface area contributed by atoms with Crippen molar-refractivity contribution in [3.63, 3.8) is 0 Å². The first-order chi connectivity index (χ1) is 11.1. The van der Waals surface area contributed by atoms with E-state index < -0.39 is 6.04 Å². The third kappa shape index (κ3) is 2.44. The van der Waals surface area contributed by atoms with Crippen LogP contribution in [0.5, 0.6) is 11.5 Å². The van der Waals surface area contributed by atoms with Crippen LogP contribution in [0.2, 0.25) is 0 Å². The van der Waals surface area contributed by atoms with Gasteiger partial charge in [-0.15, -0.1) is 0 Å². The van der Waals surface area contributed by atoms with Crippen molar-refractivity contribution in [2.45, 2.75) is 25.3 Å². The van der Waals surface area contributed by atoms with Gasteiger partial charge in [0.1, 0.15) is 0 Å². The standard InChI is InChI=1S/C17H20N2O4/c1-19-11-7-5-8-12(20)14(11)15(18-17(19)21)10-6-4-9-13(22-2)16(10)23-3/h4,6,9,15H,5,7-8H2,1-3H3,(H,18,21). The van der Waals surface area contributed by atoms with E-state index in [2.05, 4.69) is 5.32 Å². The van der Waals surface area contributed by atoms with Crippen LogP contribution >= 0.6 is 0 Å². The number of allylic oxidation sites excluding steroid dienone is 1. The molecule has 1 atom stereocenters. The Hall–Kier alpha value is -2.50. The van der Waals surface area contributed by atoms with Crippen LogP contribution in [-0.4, -0.2) is 38.0 Å². The molecule has 0 saturated heterocycles. The number of hydrogen-bond donors (Lipinski definition) is 1. The minimum Gasteiger partial charge on any atom is -0.493 e. The van der Waals surface area contributed by atoms with E-state index >= 15 is 0 Å². The number of urea groups is 1. The molecule has 1 aliphatic heterocycles. The van der Waals surface area contributed by atoms with Gasteiger partial charge in [-0.2, -0.15) is 0 Å². The molecular formula is C17H20N2O4. The summed E-state index contributed by atoms with van der Waals surface area (Å²) in [6.07, 6.45) is 2.01. The molecule has 0 spiro atoms. The Bertz CT molecular complexity index is 696. The van der Waals surface area contributed by atoms with E-state index in [1.807, 2.05) is 12.1 Å². The lowest BCUT2D eigenvalue weighted by Crippen LogP contribution is -2.47. The van der Waals surface area contributed by atoms with Crippen LogP contribution < -0.4 is 14.8 Å². The van der Waals surface area contributed by atoms with Crippen molar-refractivity contribution in [3.05, 3.63) is 35.0 Å². The Morgan fingerprint density at radius 1 is 1.17 bits per heavy atom. The fourth-order valence-corrected chi connectivity index (χ4v) is 3.31. The molecule has 23 heavy (non-hydrogen) atoms. The van der Waals surface area contributed by atoms with Crippen LogP contribution in [0.25, 0.3) is 0 Å². The maximum atomic E-state index is 12.5. The Balaban J connectivity index is 2.17. The van der Waals surface area contributed by atoms with Gasteiger partial charge in [0.05, 0.1) is 20.3 Å². The fraction of sp³-hybridized carbons (Fsp3) is 0.412. The summed E-state index contributed by atoms with van der Waals surface area (Å²) < 4.78 is 10.8. The number of para-hydroxylation sites is 1. The zero-order valence-corrected chi connectivity index (χ0v) is 13.5. The monoisotopic (exact) mass is 316 g/mol. The molecule has 122 valence electrons. The van der Waals surface area contributed by atoms with Crippen LogP contribution in [0.1, 0.15) is 30.9 Å². The molecule has 0 bridgehead atoms. The second-order valence-corrected chi connectivity index (χ2v) is 5.66. The van der Waals surface area contributed by atoms with E-state index in [0.717, 1.165) is 24.1 Å². The second kappa shape index (κ2) is 5.95. The molecule has 1 aromatic rings. The van der Waals surface area contributed by atoms with Gasteiger partial charge in [0.15, 0.2) is 17.3 Å². The van der Waals surface area contributed by atoms with E-state index in [-0.39, 0.29) is 11.8 Å². The molecule has 1 unspecified atom stereocenters. The van der Waals surface area contributed by atoms with Crippen LogP contribution in [0, 0.1) is 0 Å². The number of benzene rings is 1. The van der Waals surface area contributed by atoms with Gasteiger partial charge in [-0.3, -0.25) is 4.79 Å². The van der Waals surface area contributed by atoms with Gasteiger partial charge in [0.25, 0.3) is 0 Å². The largest absolute Gasteiger partial charge is 0.493 e. The quantitative estimate of drug-likeness (QED) is 0.930. The Kier molecular flexibility index (Phi) is 3.98. The first-order valence-corrected chi connectivity index (χ1v) is 7.59. The topological polar surface area (TPSA) is 67.9 Å². The SMILES string of the molecule is COc1cccc(C2NC(=O)N(C)C3=C2C(=O)CCC3)c1OC. The van der Waals surface area contributed by atoms with Crippen LogP contribution in [0.15, 0.2) is 29.5 Å². The number of Topliss-reactive ketones (excluding diaryl/α,β-unsaturated/α-hetero) is 1. The molecule has 6 heteroatoms. The van der Waals surface area contributed by atoms with Gasteiger partial charge < -0.3 is 19.7 Å². The lowest BCUT2D eigenvalue weighted by molar-refractivity contribution is -0.116. The Labute approximate surface area is 135 Å². The van der Waals surface area contributed by atoms with Crippen molar-refractivity contribution >= 4 is 11.8 Å².